The van der Waals surface area contributed by atoms with Crippen LogP contribution in [0.5, 0.6) is 0 Å². The van der Waals surface area contributed by atoms with Crippen LogP contribution in [-0.4, -0.2) is 0 Å². The van der Waals surface area contributed by atoms with Crippen LogP contribution in [0.1, 0.15) is 72.2 Å². The molecule has 0 spiro atoms. The lowest BCUT2D eigenvalue weighted by molar-refractivity contribution is 0.520. The highest BCUT2D eigenvalue weighted by Gasteiger charge is 2.44. The van der Waals surface area contributed by atoms with Crippen LogP contribution >= 0.6 is 0 Å². The van der Waals surface area contributed by atoms with Crippen molar-refractivity contribution in [3.63, 3.8) is 0 Å². The molecule has 0 radical (unpaired) electrons. The Hall–Kier alpha value is -10.3. The van der Waals surface area contributed by atoms with Gasteiger partial charge in [0.1, 0.15) is 0 Å². The predicted octanol–water partition coefficient (Wildman–Crippen LogP) is 23.7. The summed E-state index contributed by atoms with van der Waals surface area (Å²) in [6, 6.07) is 108. The molecule has 12 aromatic carbocycles. The van der Waals surface area contributed by atoms with Gasteiger partial charge in [-0.25, -0.2) is 0 Å². The molecule has 2 heteroatoms. The normalized spacial score (nSPS) is 12.6. The fourth-order valence-corrected chi connectivity index (χ4v) is 13.4. The third kappa shape index (κ3) is 11.5. The lowest BCUT2D eigenvalue weighted by Crippen LogP contribution is -2.31. The molecule has 0 N–H and O–H groups in total. The van der Waals surface area contributed by atoms with E-state index in [0.717, 1.165) is 47.0 Å². The van der Waals surface area contributed by atoms with Crippen LogP contribution < -0.4 is 9.80 Å². The van der Waals surface area contributed by atoms with Crippen molar-refractivity contribution in [1.29, 1.82) is 0 Å². The largest absolute Gasteiger partial charge is 0.311 e. The summed E-state index contributed by atoms with van der Waals surface area (Å²) in [7, 11) is 0. The molecule has 0 aliphatic heterocycles. The molecule has 2 aliphatic rings. The summed E-state index contributed by atoms with van der Waals surface area (Å²) in [5.74, 6) is 0. The van der Waals surface area contributed by atoms with Crippen LogP contribution in [0, 0.1) is 13.8 Å². The number of allylic oxidation sites excluding steroid dienone is 2. The van der Waals surface area contributed by atoms with Crippen molar-refractivity contribution in [2.75, 3.05) is 9.80 Å². The fourth-order valence-electron chi connectivity index (χ4n) is 13.4. The number of aryl methyl sites for hydroxylation is 2. The number of para-hydroxylation sites is 2. The molecule has 0 aromatic heterocycles. The second-order valence-corrected chi connectivity index (χ2v) is 24.0. The molecule has 0 atom stereocenters. The van der Waals surface area contributed by atoms with Crippen molar-refractivity contribution < 1.29 is 0 Å². The van der Waals surface area contributed by atoms with Crippen molar-refractivity contribution in [2.45, 2.75) is 65.2 Å². The quantitative estimate of drug-likeness (QED) is 0.106. The first-order valence-electron chi connectivity index (χ1n) is 30.9. The average Bonchev–Trinajstić information content (AvgIpc) is 1.72. The average molecular weight is 1140 g/mol. The van der Waals surface area contributed by atoms with E-state index < -0.39 is 0 Å². The topological polar surface area (TPSA) is 6.48 Å². The first kappa shape index (κ1) is 58.1. The van der Waals surface area contributed by atoms with Crippen molar-refractivity contribution >= 4 is 34.1 Å². The second kappa shape index (κ2) is 25.4. The van der Waals surface area contributed by atoms with Crippen LogP contribution in [0.4, 0.5) is 34.1 Å². The number of hydrogen-bond acceptors (Lipinski definition) is 2. The molecule has 0 bridgehead atoms. The van der Waals surface area contributed by atoms with Gasteiger partial charge in [-0.05, 0) is 221 Å². The zero-order chi connectivity index (χ0) is 60.8. The highest BCUT2D eigenvalue weighted by molar-refractivity contribution is 5.89. The van der Waals surface area contributed by atoms with Crippen LogP contribution in [-0.2, 0) is 23.7 Å². The van der Waals surface area contributed by atoms with Crippen molar-refractivity contribution in [2.24, 2.45) is 0 Å². The van der Waals surface area contributed by atoms with Gasteiger partial charge >= 0.3 is 0 Å². The predicted molar refractivity (Wildman–Crippen MR) is 377 cm³/mol. The van der Waals surface area contributed by atoms with E-state index in [4.69, 9.17) is 0 Å². The number of anilines is 6. The highest BCUT2D eigenvalue weighted by atomic mass is 15.1. The van der Waals surface area contributed by atoms with Gasteiger partial charge in [0.2, 0.25) is 0 Å². The number of hydrogen-bond donors (Lipinski definition) is 0. The molecule has 430 valence electrons. The molecule has 0 heterocycles. The van der Waals surface area contributed by atoms with E-state index in [9.17, 15) is 0 Å². The van der Waals surface area contributed by atoms with Gasteiger partial charge in [-0.2, -0.15) is 0 Å². The molecule has 12 aromatic rings. The van der Waals surface area contributed by atoms with Crippen LogP contribution in [0.3, 0.4) is 0 Å². The molecule has 0 saturated carbocycles. The monoisotopic (exact) mass is 1140 g/mol. The molecule has 2 aliphatic carbocycles. The molecular formula is C86H76N2. The van der Waals surface area contributed by atoms with E-state index in [1.807, 2.05) is 13.8 Å². The summed E-state index contributed by atoms with van der Waals surface area (Å²) in [5.41, 5.74) is 29.7. The Morgan fingerprint density at radius 3 is 0.920 bits per heavy atom. The maximum Gasteiger partial charge on any atom is 0.0462 e. The first-order chi connectivity index (χ1) is 43.0. The number of nitrogens with zero attached hydrogens (tertiary/aromatic N) is 2. The minimum absolute atomic E-state index is 0.181. The minimum atomic E-state index is -0.235. The van der Waals surface area contributed by atoms with E-state index in [-0.39, 0.29) is 10.8 Å². The molecule has 0 saturated heterocycles. The summed E-state index contributed by atoms with van der Waals surface area (Å²) < 4.78 is 0. The number of fused-ring (bicyclic) bond motifs is 6. The maximum atomic E-state index is 3.36. The van der Waals surface area contributed by atoms with Gasteiger partial charge in [0.15, 0.2) is 0 Å². The molecule has 0 unspecified atom stereocenters. The zero-order valence-electron chi connectivity index (χ0n) is 51.6. The zero-order valence-corrected chi connectivity index (χ0v) is 51.6. The number of rotatable bonds is 13. The van der Waals surface area contributed by atoms with E-state index in [2.05, 4.69) is 342 Å². The van der Waals surface area contributed by atoms with Crippen LogP contribution in [0.15, 0.2) is 316 Å². The second-order valence-electron chi connectivity index (χ2n) is 24.0. The molecule has 0 amide bonds. The van der Waals surface area contributed by atoms with Crippen LogP contribution in [0.2, 0.25) is 0 Å². The van der Waals surface area contributed by atoms with E-state index in [1.54, 1.807) is 12.2 Å². The smallest absolute Gasteiger partial charge is 0.0462 e. The van der Waals surface area contributed by atoms with Gasteiger partial charge in [0, 0.05) is 45.0 Å². The summed E-state index contributed by atoms with van der Waals surface area (Å²) in [6.45, 7) is 19.6. The lowest BCUT2D eigenvalue weighted by atomic mass is 9.69. The van der Waals surface area contributed by atoms with Crippen molar-refractivity contribution in [1.82, 2.24) is 0 Å². The Balaban J connectivity index is 0.00000121. The molecular weight excluding hydrogens is 1060 g/mol. The number of benzene rings is 12. The van der Waals surface area contributed by atoms with E-state index in [1.165, 1.54) is 100 Å². The van der Waals surface area contributed by atoms with Gasteiger partial charge < -0.3 is 9.80 Å². The van der Waals surface area contributed by atoms with E-state index >= 15 is 0 Å². The van der Waals surface area contributed by atoms with Gasteiger partial charge in [-0.15, -0.1) is 13.2 Å². The molecule has 2 nitrogen and oxygen atoms in total. The minimum Gasteiger partial charge on any atom is -0.311 e. The standard InChI is InChI=1S/C80H64N2.2C3H6/c1-55-25-37-67(38-26-55)81(65-21-13-7-14-22-65)68-39-28-59(29-40-68)62-34-46-71-72-47-35-63(51-76(72)79(3,4)75(71)50-62)60-30-41-69(42-31-60)82(66-23-15-8-16-24-66)70-43-32-61(33-44-70)64-36-48-74-73-45-27-56(2)49-77(73)80(78(74)52-64,53-57-17-9-5-10-18-57)54-58-19-11-6-12-20-58;2*1-3-2/h5-52H,53-54H2,1-4H3;2*3H,1H2,2H3. The van der Waals surface area contributed by atoms with Gasteiger partial charge in [0.05, 0.1) is 0 Å². The summed E-state index contributed by atoms with van der Waals surface area (Å²) in [4.78, 5) is 4.70. The van der Waals surface area contributed by atoms with Crippen LogP contribution in [0.25, 0.3) is 55.6 Å². The van der Waals surface area contributed by atoms with Gasteiger partial charge in [-0.3, -0.25) is 0 Å². The Morgan fingerprint density at radius 2 is 0.557 bits per heavy atom. The molecule has 0 fully saturated rings. The van der Waals surface area contributed by atoms with Gasteiger partial charge in [-0.1, -0.05) is 237 Å². The SMILES string of the molecule is C=CC.C=CC.Cc1ccc(N(c2ccccc2)c2ccc(-c3ccc4c(c3)C(C)(C)c3cc(-c5ccc(N(c6ccccc6)c6ccc(-c7ccc8c(c7)C(Cc7ccccc7)(Cc7ccccc7)c7cc(C)ccc7-8)cc6)cc5)ccc3-4)cc2)cc1. The van der Waals surface area contributed by atoms with Gasteiger partial charge in [0.25, 0.3) is 0 Å². The Labute approximate surface area is 522 Å². The maximum absolute atomic E-state index is 3.36. The highest BCUT2D eigenvalue weighted by Crippen LogP contribution is 2.55. The summed E-state index contributed by atoms with van der Waals surface area (Å²) in [5, 5.41) is 0. The Morgan fingerprint density at radius 1 is 0.295 bits per heavy atom. The third-order valence-electron chi connectivity index (χ3n) is 17.6. The summed E-state index contributed by atoms with van der Waals surface area (Å²) >= 11 is 0. The molecule has 88 heavy (non-hydrogen) atoms. The Kier molecular flexibility index (Phi) is 16.7. The first-order valence-corrected chi connectivity index (χ1v) is 30.9. The third-order valence-corrected chi connectivity index (χ3v) is 17.6. The fraction of sp³-hybridized carbons (Fsp3) is 0.116. The Bertz CT molecular complexity index is 4320. The van der Waals surface area contributed by atoms with E-state index in [0.29, 0.717) is 0 Å². The summed E-state index contributed by atoms with van der Waals surface area (Å²) in [6.07, 6.45) is 5.34. The molecule has 14 rings (SSSR count). The lowest BCUT2D eigenvalue weighted by Gasteiger charge is -2.33. The van der Waals surface area contributed by atoms with Crippen molar-refractivity contribution in [3.05, 3.63) is 361 Å². The van der Waals surface area contributed by atoms with Crippen molar-refractivity contribution in [3.8, 4) is 55.6 Å².